The van der Waals surface area contributed by atoms with E-state index in [9.17, 15) is 18.0 Å². The quantitative estimate of drug-likeness (QED) is 0.247. The minimum atomic E-state index is -3.98. The Balaban J connectivity index is 1.39. The number of ether oxygens (including phenoxy) is 2. The van der Waals surface area contributed by atoms with E-state index in [1.807, 2.05) is 18.2 Å². The second-order valence-corrected chi connectivity index (χ2v) is 17.7. The number of hydrogen-bond acceptors (Lipinski definition) is 6. The highest BCUT2D eigenvalue weighted by molar-refractivity contribution is 7.87. The Kier molecular flexibility index (Phi) is 8.87. The van der Waals surface area contributed by atoms with Gasteiger partial charge >= 0.3 is 16.2 Å². The van der Waals surface area contributed by atoms with Gasteiger partial charge in [0.15, 0.2) is 0 Å². The predicted molar refractivity (Wildman–Crippen MR) is 191 cm³/mol. The van der Waals surface area contributed by atoms with Crippen molar-refractivity contribution in [3.63, 3.8) is 0 Å². The molecule has 264 valence electrons. The minimum Gasteiger partial charge on any atom is -0.497 e. The first-order valence-corrected chi connectivity index (χ1v) is 19.6. The lowest BCUT2D eigenvalue weighted by Crippen LogP contribution is -2.39. The molecule has 9 nitrogen and oxygen atoms in total. The molecule has 1 aliphatic heterocycles. The highest BCUT2D eigenvalue weighted by Gasteiger charge is 2.64. The summed E-state index contributed by atoms with van der Waals surface area (Å²) in [5, 5.41) is 1.05. The van der Waals surface area contributed by atoms with Gasteiger partial charge in [0.05, 0.1) is 18.2 Å². The van der Waals surface area contributed by atoms with Crippen molar-refractivity contribution in [3.8, 4) is 17.0 Å². The van der Waals surface area contributed by atoms with Crippen molar-refractivity contribution < 1.29 is 27.5 Å². The van der Waals surface area contributed by atoms with Crippen molar-refractivity contribution in [1.29, 1.82) is 0 Å². The maximum Gasteiger partial charge on any atom is 0.314 e. The number of hydrogen-bond donors (Lipinski definition) is 1. The number of amides is 1. The van der Waals surface area contributed by atoms with Crippen molar-refractivity contribution in [2.24, 2.45) is 23.2 Å². The highest BCUT2D eigenvalue weighted by atomic mass is 32.2. The Morgan fingerprint density at radius 2 is 1.78 bits per heavy atom. The molecule has 3 aromatic rings. The molecule has 3 aliphatic carbocycles. The Labute approximate surface area is 290 Å². The molecule has 0 radical (unpaired) electrons. The van der Waals surface area contributed by atoms with Gasteiger partial charge in [-0.25, -0.2) is 4.72 Å². The van der Waals surface area contributed by atoms with E-state index in [1.165, 1.54) is 26.1 Å². The van der Waals surface area contributed by atoms with Crippen LogP contribution in [0, 0.1) is 23.2 Å². The number of carbonyl (C=O) groups excluding carboxylic acids is 2. The van der Waals surface area contributed by atoms with Crippen molar-refractivity contribution in [2.75, 3.05) is 21.2 Å². The van der Waals surface area contributed by atoms with E-state index in [0.717, 1.165) is 82.7 Å². The first-order chi connectivity index (χ1) is 23.3. The zero-order valence-electron chi connectivity index (χ0n) is 29.8. The molecule has 2 heterocycles. The number of esters is 1. The van der Waals surface area contributed by atoms with E-state index >= 15 is 0 Å². The molecule has 0 saturated heterocycles. The second kappa shape index (κ2) is 12.7. The number of methoxy groups -OCH3 is 1. The summed E-state index contributed by atoms with van der Waals surface area (Å²) in [7, 11) is 0.469. The van der Waals surface area contributed by atoms with Crippen LogP contribution in [0.1, 0.15) is 112 Å². The van der Waals surface area contributed by atoms with Crippen LogP contribution in [0.15, 0.2) is 36.4 Å². The molecule has 3 fully saturated rings. The molecule has 3 saturated carbocycles. The molecule has 7 rings (SSSR count). The molecule has 2 unspecified atom stereocenters. The largest absolute Gasteiger partial charge is 0.497 e. The summed E-state index contributed by atoms with van der Waals surface area (Å²) in [6.45, 7) is 7.15. The Hall–Kier alpha value is -3.37. The van der Waals surface area contributed by atoms with Gasteiger partial charge in [-0.05, 0) is 97.2 Å². The van der Waals surface area contributed by atoms with Crippen molar-refractivity contribution in [3.05, 3.63) is 53.1 Å². The summed E-state index contributed by atoms with van der Waals surface area (Å²) in [5.74, 6) is 1.54. The first-order valence-electron chi connectivity index (χ1n) is 18.1. The smallest absolute Gasteiger partial charge is 0.314 e. The number of fused-ring (bicyclic) bond motifs is 7. The summed E-state index contributed by atoms with van der Waals surface area (Å²) >= 11 is 0. The third-order valence-electron chi connectivity index (χ3n) is 12.1. The normalized spacial score (nSPS) is 26.9. The zero-order chi connectivity index (χ0) is 34.8. The van der Waals surface area contributed by atoms with Crippen LogP contribution in [0.3, 0.4) is 0 Å². The SMILES string of the molecule is COc1ccc2c(c1)C1CC1(C(=O)O[C@@H]1C[C@H](C)CC[C@H]1C(C)C)Cn1c-2c(C2CCCCC2)c2ccc(C(=O)NS(=O)(=O)N(C)C)cc21. The van der Waals surface area contributed by atoms with Crippen LogP contribution < -0.4 is 9.46 Å². The fourth-order valence-corrected chi connectivity index (χ4v) is 9.72. The zero-order valence-corrected chi connectivity index (χ0v) is 30.6. The third kappa shape index (κ3) is 5.96. The number of rotatable bonds is 8. The average Bonchev–Trinajstić information content (AvgIpc) is 3.74. The summed E-state index contributed by atoms with van der Waals surface area (Å²) in [4.78, 5) is 28.1. The van der Waals surface area contributed by atoms with Gasteiger partial charge in [0.1, 0.15) is 11.9 Å². The average molecular weight is 690 g/mol. The summed E-state index contributed by atoms with van der Waals surface area (Å²) in [6.07, 6.45) is 9.38. The van der Waals surface area contributed by atoms with Crippen LogP contribution in [-0.4, -0.2) is 56.5 Å². The van der Waals surface area contributed by atoms with Crippen LogP contribution in [-0.2, 0) is 26.3 Å². The second-order valence-electron chi connectivity index (χ2n) is 15.8. The Bertz CT molecular complexity index is 1890. The molecule has 1 N–H and O–H groups in total. The fourth-order valence-electron chi connectivity index (χ4n) is 9.18. The van der Waals surface area contributed by atoms with Gasteiger partial charge in [0.25, 0.3) is 5.91 Å². The molecule has 0 bridgehead atoms. The van der Waals surface area contributed by atoms with E-state index < -0.39 is 21.5 Å². The van der Waals surface area contributed by atoms with Crippen LogP contribution in [0.25, 0.3) is 22.2 Å². The molecular weight excluding hydrogens is 639 g/mol. The molecule has 49 heavy (non-hydrogen) atoms. The van der Waals surface area contributed by atoms with Crippen molar-refractivity contribution in [2.45, 2.75) is 103 Å². The van der Waals surface area contributed by atoms with Crippen molar-refractivity contribution in [1.82, 2.24) is 13.6 Å². The van der Waals surface area contributed by atoms with Gasteiger partial charge in [-0.15, -0.1) is 0 Å². The van der Waals surface area contributed by atoms with E-state index in [2.05, 4.69) is 42.2 Å². The summed E-state index contributed by atoms with van der Waals surface area (Å²) in [6, 6.07) is 11.8. The monoisotopic (exact) mass is 689 g/mol. The summed E-state index contributed by atoms with van der Waals surface area (Å²) < 4.78 is 43.0. The molecule has 1 aromatic heterocycles. The Morgan fingerprint density at radius 3 is 2.47 bits per heavy atom. The fraction of sp³-hybridized carbons (Fsp3) is 0.590. The molecule has 5 atom stereocenters. The lowest BCUT2D eigenvalue weighted by atomic mass is 9.75. The van der Waals surface area contributed by atoms with Gasteiger partial charge in [-0.2, -0.15) is 12.7 Å². The van der Waals surface area contributed by atoms with E-state index in [0.29, 0.717) is 36.6 Å². The standard InChI is InChI=1S/C39H51N3O6S/c1-23(2)28-15-12-24(3)18-34(28)48-38(44)39-21-32(39)31-20-27(47-6)14-17-29(31)36-35(25-10-8-7-9-11-25)30-16-13-26(19-33(30)42(36)22-39)37(43)40-49(45,46)41(4)5/h13-14,16-17,19-20,23-25,28,32,34H,7-12,15,18,21-22H2,1-6H3,(H,40,43)/t24-,28+,32?,34-,39?/m1/s1. The van der Waals surface area contributed by atoms with E-state index in [4.69, 9.17) is 9.47 Å². The van der Waals surface area contributed by atoms with Crippen LogP contribution in [0.5, 0.6) is 5.75 Å². The molecule has 0 spiro atoms. The first kappa shape index (κ1) is 34.1. The maximum absolute atomic E-state index is 14.7. The van der Waals surface area contributed by atoms with Crippen LogP contribution >= 0.6 is 0 Å². The molecule has 10 heteroatoms. The van der Waals surface area contributed by atoms with Crippen molar-refractivity contribution >= 4 is 33.0 Å². The third-order valence-corrected chi connectivity index (χ3v) is 13.5. The predicted octanol–water partition coefficient (Wildman–Crippen LogP) is 7.39. The van der Waals surface area contributed by atoms with Crippen LogP contribution in [0.2, 0.25) is 0 Å². The minimum absolute atomic E-state index is 0.0190. The molecule has 2 aromatic carbocycles. The molecule has 4 aliphatic rings. The van der Waals surface area contributed by atoms with Gasteiger partial charge in [-0.3, -0.25) is 9.59 Å². The van der Waals surface area contributed by atoms with Gasteiger partial charge < -0.3 is 14.0 Å². The van der Waals surface area contributed by atoms with Gasteiger partial charge in [-0.1, -0.05) is 52.5 Å². The number of nitrogens with one attached hydrogen (secondary N) is 1. The molecular formula is C39H51N3O6S. The van der Waals surface area contributed by atoms with E-state index in [-0.39, 0.29) is 23.6 Å². The number of carbonyl (C=O) groups is 2. The van der Waals surface area contributed by atoms with E-state index in [1.54, 1.807) is 13.2 Å². The number of nitrogens with zero attached hydrogens (tertiary/aromatic N) is 2. The number of benzene rings is 2. The summed E-state index contributed by atoms with van der Waals surface area (Å²) in [5.41, 5.74) is 4.93. The Morgan fingerprint density at radius 1 is 1.02 bits per heavy atom. The topological polar surface area (TPSA) is 107 Å². The lowest BCUT2D eigenvalue weighted by molar-refractivity contribution is -0.163. The van der Waals surface area contributed by atoms with Crippen LogP contribution in [0.4, 0.5) is 0 Å². The lowest BCUT2D eigenvalue weighted by Gasteiger charge is -2.37. The van der Waals surface area contributed by atoms with Gasteiger partial charge in [0, 0.05) is 48.6 Å². The number of aromatic nitrogens is 1. The highest BCUT2D eigenvalue weighted by Crippen LogP contribution is 2.66. The molecule has 1 amide bonds. The maximum atomic E-state index is 14.7. The van der Waals surface area contributed by atoms with Gasteiger partial charge in [0.2, 0.25) is 0 Å².